The molecule has 2 heterocycles. The third-order valence-electron chi connectivity index (χ3n) is 2.80. The lowest BCUT2D eigenvalue weighted by Gasteiger charge is -2.07. The second kappa shape index (κ2) is 5.49. The molecule has 7 heteroatoms. The highest BCUT2D eigenvalue weighted by Gasteiger charge is 2.07. The number of fused-ring (bicyclic) bond motifs is 1. The molecule has 0 aliphatic heterocycles. The van der Waals surface area contributed by atoms with Crippen LogP contribution in [0.3, 0.4) is 0 Å². The summed E-state index contributed by atoms with van der Waals surface area (Å²) in [5.41, 5.74) is 3.96. The smallest absolute Gasteiger partial charge is 0.426 e. The molecule has 3 aromatic rings. The van der Waals surface area contributed by atoms with Crippen molar-refractivity contribution in [2.75, 3.05) is 12.5 Å². The zero-order valence-electron chi connectivity index (χ0n) is 11.2. The highest BCUT2D eigenvalue weighted by molar-refractivity contribution is 5.82. The van der Waals surface area contributed by atoms with Crippen LogP contribution in [0, 0.1) is 0 Å². The van der Waals surface area contributed by atoms with Gasteiger partial charge in [-0.3, -0.25) is 4.98 Å². The number of pyridine rings is 1. The van der Waals surface area contributed by atoms with Crippen LogP contribution < -0.4 is 10.2 Å². The summed E-state index contributed by atoms with van der Waals surface area (Å²) in [5, 5.41) is 0. The fourth-order valence-corrected chi connectivity index (χ4v) is 1.83. The summed E-state index contributed by atoms with van der Waals surface area (Å²) >= 11 is 0. The van der Waals surface area contributed by atoms with Gasteiger partial charge in [-0.2, -0.15) is 0 Å². The third-order valence-corrected chi connectivity index (χ3v) is 2.80. The first kappa shape index (κ1) is 12.9. The van der Waals surface area contributed by atoms with Gasteiger partial charge in [0.05, 0.1) is 18.1 Å². The van der Waals surface area contributed by atoms with E-state index in [4.69, 9.17) is 4.74 Å². The van der Waals surface area contributed by atoms with Crippen molar-refractivity contribution in [3.05, 3.63) is 49.1 Å². The van der Waals surface area contributed by atoms with Gasteiger partial charge in [0, 0.05) is 18.5 Å². The topological polar surface area (TPSA) is 78.3 Å². The van der Waals surface area contributed by atoms with Gasteiger partial charge in [-0.05, 0) is 24.3 Å². The number of rotatable bonds is 3. The molecule has 2 aromatic heterocycles. The molecule has 0 bridgehead atoms. The standard InChI is InChI=1S/C14H12N4O3/c1-20-14(19)17-18-9-16-12-8-11(2-3-13(12)18)21-10-4-6-15-7-5-10/h2-9H,1H3,(H,17,19). The first-order valence-electron chi connectivity index (χ1n) is 6.16. The summed E-state index contributed by atoms with van der Waals surface area (Å²) in [4.78, 5) is 19.4. The lowest BCUT2D eigenvalue weighted by molar-refractivity contribution is 0.183. The van der Waals surface area contributed by atoms with Gasteiger partial charge >= 0.3 is 6.09 Å². The third kappa shape index (κ3) is 2.76. The van der Waals surface area contributed by atoms with Crippen LogP contribution in [0.15, 0.2) is 49.1 Å². The van der Waals surface area contributed by atoms with Crippen molar-refractivity contribution < 1.29 is 14.3 Å². The van der Waals surface area contributed by atoms with Crippen LogP contribution in [0.4, 0.5) is 4.79 Å². The highest BCUT2D eigenvalue weighted by atomic mass is 16.5. The second-order valence-corrected chi connectivity index (χ2v) is 4.15. The van der Waals surface area contributed by atoms with Crippen LogP contribution in [-0.2, 0) is 4.74 Å². The van der Waals surface area contributed by atoms with Crippen LogP contribution in [0.2, 0.25) is 0 Å². The maximum Gasteiger partial charge on any atom is 0.426 e. The van der Waals surface area contributed by atoms with Gasteiger partial charge in [-0.25, -0.2) is 19.9 Å². The van der Waals surface area contributed by atoms with Crippen LogP contribution in [0.25, 0.3) is 11.0 Å². The predicted molar refractivity (Wildman–Crippen MR) is 75.8 cm³/mol. The maximum atomic E-state index is 11.2. The number of imidazole rings is 1. The van der Waals surface area contributed by atoms with E-state index in [0.717, 1.165) is 5.52 Å². The van der Waals surface area contributed by atoms with Crippen molar-refractivity contribution in [1.29, 1.82) is 0 Å². The summed E-state index contributed by atoms with van der Waals surface area (Å²) in [7, 11) is 1.30. The largest absolute Gasteiger partial charge is 0.457 e. The zero-order valence-corrected chi connectivity index (χ0v) is 11.2. The van der Waals surface area contributed by atoms with Crippen molar-refractivity contribution in [2.45, 2.75) is 0 Å². The molecule has 0 atom stereocenters. The number of amides is 1. The summed E-state index contributed by atoms with van der Waals surface area (Å²) in [6.45, 7) is 0. The van der Waals surface area contributed by atoms with Crippen LogP contribution in [-0.4, -0.2) is 27.8 Å². The fourth-order valence-electron chi connectivity index (χ4n) is 1.83. The minimum atomic E-state index is -0.564. The van der Waals surface area contributed by atoms with Crippen LogP contribution in [0.1, 0.15) is 0 Å². The van der Waals surface area contributed by atoms with Gasteiger partial charge < -0.3 is 9.47 Å². The number of aromatic nitrogens is 3. The molecule has 0 unspecified atom stereocenters. The summed E-state index contributed by atoms with van der Waals surface area (Å²) in [5.74, 6) is 1.34. The number of nitrogens with zero attached hydrogens (tertiary/aromatic N) is 3. The average molecular weight is 284 g/mol. The lowest BCUT2D eigenvalue weighted by atomic mass is 10.3. The fraction of sp³-hybridized carbons (Fsp3) is 0.0714. The monoisotopic (exact) mass is 284 g/mol. The van der Waals surface area contributed by atoms with E-state index in [1.54, 1.807) is 42.7 Å². The Morgan fingerprint density at radius 1 is 1.19 bits per heavy atom. The number of methoxy groups -OCH3 is 1. The average Bonchev–Trinajstić information content (AvgIpc) is 2.90. The van der Waals surface area contributed by atoms with Crippen molar-refractivity contribution in [3.63, 3.8) is 0 Å². The number of hydrogen-bond acceptors (Lipinski definition) is 5. The van der Waals surface area contributed by atoms with Crippen molar-refractivity contribution in [1.82, 2.24) is 14.6 Å². The molecule has 0 aliphatic carbocycles. The van der Waals surface area contributed by atoms with E-state index in [2.05, 4.69) is 20.1 Å². The minimum Gasteiger partial charge on any atom is -0.457 e. The number of nitrogens with one attached hydrogen (secondary N) is 1. The normalized spacial score (nSPS) is 10.3. The van der Waals surface area contributed by atoms with Gasteiger partial charge in [0.15, 0.2) is 0 Å². The molecule has 3 rings (SSSR count). The molecule has 0 radical (unpaired) electrons. The molecule has 0 saturated carbocycles. The number of carbonyl (C=O) groups excluding carboxylic acids is 1. The lowest BCUT2D eigenvalue weighted by Crippen LogP contribution is -2.21. The Balaban J connectivity index is 1.86. The minimum absolute atomic E-state index is 0.564. The SMILES string of the molecule is COC(=O)Nn1cnc2cc(Oc3ccncc3)ccc21. The number of carbonyl (C=O) groups is 1. The van der Waals surface area contributed by atoms with Gasteiger partial charge in [0.25, 0.3) is 0 Å². The van der Waals surface area contributed by atoms with Crippen molar-refractivity contribution in [2.24, 2.45) is 0 Å². The number of ether oxygens (including phenoxy) is 2. The molecule has 1 amide bonds. The Morgan fingerprint density at radius 2 is 2.00 bits per heavy atom. The van der Waals surface area contributed by atoms with Gasteiger partial charge in [-0.1, -0.05) is 0 Å². The molecule has 1 aromatic carbocycles. The van der Waals surface area contributed by atoms with Crippen LogP contribution in [0.5, 0.6) is 11.5 Å². The Kier molecular flexibility index (Phi) is 3.38. The summed E-state index contributed by atoms with van der Waals surface area (Å²) < 4.78 is 11.7. The van der Waals surface area contributed by atoms with Gasteiger partial charge in [0.2, 0.25) is 0 Å². The predicted octanol–water partition coefficient (Wildman–Crippen LogP) is 2.53. The van der Waals surface area contributed by atoms with E-state index in [9.17, 15) is 4.79 Å². The molecule has 106 valence electrons. The van der Waals surface area contributed by atoms with E-state index in [1.165, 1.54) is 18.1 Å². The van der Waals surface area contributed by atoms with Gasteiger partial charge in [0.1, 0.15) is 17.8 Å². The molecular formula is C14H12N4O3. The van der Waals surface area contributed by atoms with Gasteiger partial charge in [-0.15, -0.1) is 0 Å². The first-order chi connectivity index (χ1) is 10.3. The molecule has 1 N–H and O–H groups in total. The van der Waals surface area contributed by atoms with Crippen molar-refractivity contribution in [3.8, 4) is 11.5 Å². The quantitative estimate of drug-likeness (QED) is 0.799. The molecule has 7 nitrogen and oxygen atoms in total. The van der Waals surface area contributed by atoms with Crippen molar-refractivity contribution >= 4 is 17.1 Å². The molecular weight excluding hydrogens is 272 g/mol. The Morgan fingerprint density at radius 3 is 2.76 bits per heavy atom. The Labute approximate surface area is 120 Å². The zero-order chi connectivity index (χ0) is 14.7. The molecule has 21 heavy (non-hydrogen) atoms. The van der Waals surface area contributed by atoms with E-state index in [-0.39, 0.29) is 0 Å². The first-order valence-corrected chi connectivity index (χ1v) is 6.16. The highest BCUT2D eigenvalue weighted by Crippen LogP contribution is 2.24. The number of hydrogen-bond donors (Lipinski definition) is 1. The van der Waals surface area contributed by atoms with E-state index >= 15 is 0 Å². The van der Waals surface area contributed by atoms with E-state index in [0.29, 0.717) is 17.0 Å². The Hall–Kier alpha value is -3.09. The maximum absolute atomic E-state index is 11.2. The molecule has 0 saturated heterocycles. The molecule has 0 spiro atoms. The summed E-state index contributed by atoms with van der Waals surface area (Å²) in [6.07, 6.45) is 4.25. The summed E-state index contributed by atoms with van der Waals surface area (Å²) in [6, 6.07) is 8.91. The molecule has 0 aliphatic rings. The molecule has 0 fully saturated rings. The second-order valence-electron chi connectivity index (χ2n) is 4.15. The van der Waals surface area contributed by atoms with Crippen LogP contribution >= 0.6 is 0 Å². The Bertz CT molecular complexity index is 770. The van der Waals surface area contributed by atoms with E-state index < -0.39 is 6.09 Å². The number of benzene rings is 1. The van der Waals surface area contributed by atoms with E-state index in [1.807, 2.05) is 0 Å².